The molecule has 31 heavy (non-hydrogen) atoms. The fraction of sp³-hybridized carbons (Fsp3) is 0.737. The molecule has 12 heteroatoms. The first-order chi connectivity index (χ1) is 14.6. The minimum Gasteiger partial charge on any atom is -0.481 e. The van der Waals surface area contributed by atoms with E-state index >= 15 is 0 Å². The van der Waals surface area contributed by atoms with E-state index in [1.165, 1.54) is 0 Å². The lowest BCUT2D eigenvalue weighted by Gasteiger charge is -2.39. The number of carbonyl (C=O) groups is 1. The molecule has 2 saturated heterocycles. The van der Waals surface area contributed by atoms with Gasteiger partial charge in [0, 0.05) is 0 Å². The molecular formula is C19H27F3N4O5. The molecule has 174 valence electrons. The average molecular weight is 448 g/mol. The van der Waals surface area contributed by atoms with Crippen molar-refractivity contribution in [3.05, 3.63) is 18.1 Å². The Labute approximate surface area is 177 Å². The molecule has 0 aromatic carbocycles. The van der Waals surface area contributed by atoms with Crippen molar-refractivity contribution in [3.8, 4) is 0 Å². The number of carboxylic acid groups (broad SMARTS) is 1. The number of piperidine rings is 1. The molecule has 0 saturated carbocycles. The molecule has 2 fully saturated rings. The second-order valence-corrected chi connectivity index (χ2v) is 7.98. The number of carboxylic acids is 1. The van der Waals surface area contributed by atoms with Gasteiger partial charge in [-0.05, 0) is 45.3 Å². The van der Waals surface area contributed by atoms with Gasteiger partial charge < -0.3 is 30.3 Å². The predicted octanol–water partition coefficient (Wildman–Crippen LogP) is 0.973. The van der Waals surface area contributed by atoms with Crippen LogP contribution in [0.4, 0.5) is 19.0 Å². The van der Waals surface area contributed by atoms with Crippen LogP contribution in [0.3, 0.4) is 0 Å². The highest BCUT2D eigenvalue weighted by molar-refractivity contribution is 5.70. The maximum Gasteiger partial charge on any atom is 0.434 e. The van der Waals surface area contributed by atoms with Crippen molar-refractivity contribution < 1.29 is 38.0 Å². The molecule has 9 nitrogen and oxygen atoms in total. The summed E-state index contributed by atoms with van der Waals surface area (Å²) in [6.07, 6.45) is -3.54. The van der Waals surface area contributed by atoms with Crippen LogP contribution in [0.1, 0.15) is 31.4 Å². The van der Waals surface area contributed by atoms with E-state index in [0.29, 0.717) is 51.5 Å². The Balaban J connectivity index is 1.57. The van der Waals surface area contributed by atoms with Crippen LogP contribution < -0.4 is 5.32 Å². The number of anilines is 1. The number of aliphatic carboxylic acids is 1. The number of ether oxygens (including phenoxy) is 1. The topological polar surface area (TPSA) is 128 Å². The fourth-order valence-corrected chi connectivity index (χ4v) is 3.99. The number of alkyl halides is 3. The van der Waals surface area contributed by atoms with E-state index in [-0.39, 0.29) is 18.3 Å². The maximum atomic E-state index is 12.9. The summed E-state index contributed by atoms with van der Waals surface area (Å²) < 4.78 is 44.3. The summed E-state index contributed by atoms with van der Waals surface area (Å²) in [5, 5.41) is 32.2. The number of aromatic nitrogens is 2. The minimum atomic E-state index is -4.65. The number of nitrogens with zero attached hydrogens (tertiary/aromatic N) is 3. The predicted molar refractivity (Wildman–Crippen MR) is 102 cm³/mol. The number of halogens is 3. The number of hydrogen-bond donors (Lipinski definition) is 4. The number of aliphatic hydroxyl groups is 2. The molecule has 2 aliphatic heterocycles. The maximum absolute atomic E-state index is 12.9. The standard InChI is InChI=1S/C19H27F3N4O5/c20-19(21,22)14-8-23-9-15(24-14)25-16-13(31-10-12(27)17(16)28)2-1-5-26-6-3-11(4-7-26)18(29)30/h8-9,11-13,16-17,27-28H,1-7,10H2,(H,24,25)(H,29,30)/t12-,13?,16-,17-/m0/s1. The van der Waals surface area contributed by atoms with Crippen LogP contribution in [0.5, 0.6) is 0 Å². The van der Waals surface area contributed by atoms with Gasteiger partial charge in [0.25, 0.3) is 0 Å². The Morgan fingerprint density at radius 1 is 1.26 bits per heavy atom. The summed E-state index contributed by atoms with van der Waals surface area (Å²) >= 11 is 0. The summed E-state index contributed by atoms with van der Waals surface area (Å²) in [5.41, 5.74) is -1.16. The Morgan fingerprint density at radius 2 is 1.97 bits per heavy atom. The summed E-state index contributed by atoms with van der Waals surface area (Å²) in [7, 11) is 0. The molecule has 1 unspecified atom stereocenters. The monoisotopic (exact) mass is 448 g/mol. The van der Waals surface area contributed by atoms with Crippen LogP contribution in [0.25, 0.3) is 0 Å². The third-order valence-electron chi connectivity index (χ3n) is 5.78. The van der Waals surface area contributed by atoms with E-state index in [4.69, 9.17) is 9.84 Å². The van der Waals surface area contributed by atoms with Gasteiger partial charge >= 0.3 is 12.1 Å². The molecule has 0 aliphatic carbocycles. The summed E-state index contributed by atoms with van der Waals surface area (Å²) in [5.74, 6) is -1.25. The summed E-state index contributed by atoms with van der Waals surface area (Å²) in [6, 6.07) is -0.862. The zero-order chi connectivity index (χ0) is 22.6. The van der Waals surface area contributed by atoms with Gasteiger partial charge in [-0.25, -0.2) is 4.98 Å². The van der Waals surface area contributed by atoms with Crippen molar-refractivity contribution in [1.82, 2.24) is 14.9 Å². The highest BCUT2D eigenvalue weighted by atomic mass is 19.4. The highest BCUT2D eigenvalue weighted by Gasteiger charge is 2.39. The molecule has 1 aromatic rings. The Morgan fingerprint density at radius 3 is 2.61 bits per heavy atom. The normalized spacial score (nSPS) is 28.4. The van der Waals surface area contributed by atoms with Crippen LogP contribution >= 0.6 is 0 Å². The smallest absolute Gasteiger partial charge is 0.434 e. The third-order valence-corrected chi connectivity index (χ3v) is 5.78. The van der Waals surface area contributed by atoms with Crippen molar-refractivity contribution in [2.75, 3.05) is 31.6 Å². The summed E-state index contributed by atoms with van der Waals surface area (Å²) in [4.78, 5) is 20.3. The van der Waals surface area contributed by atoms with E-state index in [0.717, 1.165) is 6.20 Å². The molecule has 4 atom stereocenters. The Bertz CT molecular complexity index is 745. The van der Waals surface area contributed by atoms with Crippen LogP contribution in [-0.4, -0.2) is 86.8 Å². The summed E-state index contributed by atoms with van der Waals surface area (Å²) in [6.45, 7) is 2.00. The van der Waals surface area contributed by atoms with E-state index in [9.17, 15) is 28.2 Å². The molecule has 0 amide bonds. The first-order valence-corrected chi connectivity index (χ1v) is 10.2. The molecular weight excluding hydrogens is 421 g/mol. The minimum absolute atomic E-state index is 0.0811. The van der Waals surface area contributed by atoms with Crippen molar-refractivity contribution in [1.29, 1.82) is 0 Å². The number of hydrogen-bond acceptors (Lipinski definition) is 8. The molecule has 0 radical (unpaired) electrons. The molecule has 3 heterocycles. The zero-order valence-corrected chi connectivity index (χ0v) is 16.8. The van der Waals surface area contributed by atoms with E-state index < -0.39 is 42.2 Å². The quantitative estimate of drug-likeness (QED) is 0.482. The van der Waals surface area contributed by atoms with Gasteiger partial charge in [-0.3, -0.25) is 9.78 Å². The first kappa shape index (κ1) is 23.6. The lowest BCUT2D eigenvalue weighted by Crippen LogP contribution is -2.56. The van der Waals surface area contributed by atoms with Gasteiger partial charge in [-0.1, -0.05) is 0 Å². The molecule has 2 aliphatic rings. The zero-order valence-electron chi connectivity index (χ0n) is 16.8. The fourth-order valence-electron chi connectivity index (χ4n) is 3.99. The number of nitrogens with one attached hydrogen (secondary N) is 1. The van der Waals surface area contributed by atoms with Crippen LogP contribution in [-0.2, 0) is 15.7 Å². The van der Waals surface area contributed by atoms with E-state index in [1.54, 1.807) is 0 Å². The van der Waals surface area contributed by atoms with Gasteiger partial charge in [0.15, 0.2) is 5.69 Å². The van der Waals surface area contributed by atoms with Crippen molar-refractivity contribution in [2.45, 2.75) is 56.2 Å². The van der Waals surface area contributed by atoms with Gasteiger partial charge in [0.1, 0.15) is 18.0 Å². The average Bonchev–Trinajstić information content (AvgIpc) is 2.73. The van der Waals surface area contributed by atoms with Gasteiger partial charge in [-0.15, -0.1) is 0 Å². The Kier molecular flexibility index (Phi) is 7.68. The van der Waals surface area contributed by atoms with Crippen molar-refractivity contribution >= 4 is 11.8 Å². The number of rotatable bonds is 7. The lowest BCUT2D eigenvalue weighted by atomic mass is 9.93. The van der Waals surface area contributed by atoms with Gasteiger partial charge in [0.2, 0.25) is 0 Å². The van der Waals surface area contributed by atoms with E-state index in [2.05, 4.69) is 20.2 Å². The first-order valence-electron chi connectivity index (χ1n) is 10.2. The molecule has 0 bridgehead atoms. The second kappa shape index (κ2) is 10.1. The Hall–Kier alpha value is -2.02. The van der Waals surface area contributed by atoms with Gasteiger partial charge in [-0.2, -0.15) is 13.2 Å². The van der Waals surface area contributed by atoms with Crippen LogP contribution in [0.2, 0.25) is 0 Å². The largest absolute Gasteiger partial charge is 0.481 e. The SMILES string of the molecule is O=C(O)C1CCN(CCCC2OC[C@H](O)[C@H](O)[C@H]2Nc2cncc(C(F)(F)F)n2)CC1. The molecule has 0 spiro atoms. The number of likely N-dealkylation sites (tertiary alicyclic amines) is 1. The number of aliphatic hydroxyl groups excluding tert-OH is 2. The highest BCUT2D eigenvalue weighted by Crippen LogP contribution is 2.29. The van der Waals surface area contributed by atoms with Gasteiger partial charge in [0.05, 0.1) is 37.1 Å². The van der Waals surface area contributed by atoms with Crippen LogP contribution in [0, 0.1) is 5.92 Å². The lowest BCUT2D eigenvalue weighted by molar-refractivity contribution is -0.143. The second-order valence-electron chi connectivity index (χ2n) is 7.98. The van der Waals surface area contributed by atoms with E-state index in [1.807, 2.05) is 0 Å². The molecule has 1 aromatic heterocycles. The van der Waals surface area contributed by atoms with Crippen LogP contribution in [0.15, 0.2) is 12.4 Å². The van der Waals surface area contributed by atoms with Crippen molar-refractivity contribution in [3.63, 3.8) is 0 Å². The van der Waals surface area contributed by atoms with Crippen molar-refractivity contribution in [2.24, 2.45) is 5.92 Å². The molecule has 3 rings (SSSR count). The third kappa shape index (κ3) is 6.25. The molecule has 4 N–H and O–H groups in total.